The molecule has 1 aliphatic heterocycles. The molecule has 1 unspecified atom stereocenters. The van der Waals surface area contributed by atoms with Crippen molar-refractivity contribution in [2.24, 2.45) is 0 Å². The second kappa shape index (κ2) is 4.48. The summed E-state index contributed by atoms with van der Waals surface area (Å²) in [6, 6.07) is 8.27. The number of benzene rings is 1. The predicted octanol–water partition coefficient (Wildman–Crippen LogP) is 0.944. The number of aromatic nitrogens is 2. The lowest BCUT2D eigenvalue weighted by molar-refractivity contribution is 0.0975. The number of hydrogen-bond donors (Lipinski definition) is 2. The van der Waals surface area contributed by atoms with Gasteiger partial charge in [-0.05, 0) is 43.2 Å². The monoisotopic (exact) mass is 270 g/mol. The Kier molecular flexibility index (Phi) is 2.78. The molecule has 1 aliphatic rings. The number of hydrogen-bond acceptors (Lipinski definition) is 4. The number of H-pyrrole nitrogens is 1. The molecule has 1 atom stereocenters. The lowest BCUT2D eigenvalue weighted by Crippen LogP contribution is -2.36. The van der Waals surface area contributed by atoms with Crippen LogP contribution in [0, 0.1) is 0 Å². The third-order valence-corrected chi connectivity index (χ3v) is 3.44. The van der Waals surface area contributed by atoms with Gasteiger partial charge in [-0.25, -0.2) is 5.10 Å². The van der Waals surface area contributed by atoms with Crippen molar-refractivity contribution in [3.05, 3.63) is 51.9 Å². The van der Waals surface area contributed by atoms with E-state index in [1.54, 1.807) is 11.0 Å². The number of carbonyl (C=O) groups is 1. The average Bonchev–Trinajstić information content (AvgIpc) is 2.73. The smallest absolute Gasteiger partial charge is 0.278 e. The van der Waals surface area contributed by atoms with E-state index in [2.05, 4.69) is 10.2 Å². The third-order valence-electron chi connectivity index (χ3n) is 3.44. The summed E-state index contributed by atoms with van der Waals surface area (Å²) >= 11 is 0. The Morgan fingerprint density at radius 3 is 2.90 bits per heavy atom. The Bertz CT molecular complexity index is 718. The summed E-state index contributed by atoms with van der Waals surface area (Å²) in [6.45, 7) is 1.97. The van der Waals surface area contributed by atoms with Crippen LogP contribution in [0.25, 0.3) is 0 Å². The summed E-state index contributed by atoms with van der Waals surface area (Å²) in [7, 11) is 0. The molecule has 0 radical (unpaired) electrons. The molecule has 102 valence electrons. The van der Waals surface area contributed by atoms with Gasteiger partial charge in [0.2, 0.25) is 0 Å². The van der Waals surface area contributed by atoms with Crippen LogP contribution in [-0.2, 0) is 6.42 Å². The predicted molar refractivity (Wildman–Crippen MR) is 75.7 cm³/mol. The molecule has 0 fully saturated rings. The molecule has 2 aromatic rings. The Hall–Kier alpha value is -2.63. The van der Waals surface area contributed by atoms with E-state index in [-0.39, 0.29) is 23.2 Å². The van der Waals surface area contributed by atoms with Crippen LogP contribution in [0.15, 0.2) is 35.1 Å². The van der Waals surface area contributed by atoms with Gasteiger partial charge in [0.1, 0.15) is 5.69 Å². The van der Waals surface area contributed by atoms with Gasteiger partial charge in [0.05, 0.1) is 0 Å². The minimum atomic E-state index is -0.329. The Labute approximate surface area is 115 Å². The lowest BCUT2D eigenvalue weighted by Gasteiger charge is -2.22. The topological polar surface area (TPSA) is 92.1 Å². The molecule has 0 saturated heterocycles. The van der Waals surface area contributed by atoms with Crippen LogP contribution < -0.4 is 16.2 Å². The number of nitrogens with two attached hydrogens (primary N) is 1. The van der Waals surface area contributed by atoms with E-state index in [1.807, 2.05) is 19.1 Å². The SMILES string of the molecule is CC1Cc2cc(N)ccc2N1C(=O)c1ccc(=O)[nH]n1. The highest BCUT2D eigenvalue weighted by Crippen LogP contribution is 2.34. The first-order valence-corrected chi connectivity index (χ1v) is 6.34. The van der Waals surface area contributed by atoms with E-state index < -0.39 is 0 Å². The molecule has 0 saturated carbocycles. The van der Waals surface area contributed by atoms with Crippen molar-refractivity contribution in [3.8, 4) is 0 Å². The van der Waals surface area contributed by atoms with Gasteiger partial charge in [-0.2, -0.15) is 5.10 Å². The van der Waals surface area contributed by atoms with Crippen molar-refractivity contribution in [2.75, 3.05) is 10.6 Å². The molecule has 0 aliphatic carbocycles. The quantitative estimate of drug-likeness (QED) is 0.754. The van der Waals surface area contributed by atoms with Crippen molar-refractivity contribution in [1.82, 2.24) is 10.2 Å². The van der Waals surface area contributed by atoms with E-state index in [0.29, 0.717) is 5.69 Å². The van der Waals surface area contributed by atoms with E-state index in [1.165, 1.54) is 12.1 Å². The van der Waals surface area contributed by atoms with Gasteiger partial charge < -0.3 is 10.6 Å². The fraction of sp³-hybridized carbons (Fsp3) is 0.214. The second-order valence-corrected chi connectivity index (χ2v) is 4.92. The molecule has 20 heavy (non-hydrogen) atoms. The third kappa shape index (κ3) is 1.95. The summed E-state index contributed by atoms with van der Waals surface area (Å²) in [5, 5.41) is 6.07. The van der Waals surface area contributed by atoms with Crippen LogP contribution in [0.3, 0.4) is 0 Å². The molecule has 0 bridgehead atoms. The molecule has 0 spiro atoms. The number of fused-ring (bicyclic) bond motifs is 1. The Morgan fingerprint density at radius 2 is 2.20 bits per heavy atom. The highest BCUT2D eigenvalue weighted by molar-refractivity contribution is 6.06. The maximum Gasteiger partial charge on any atom is 0.278 e. The highest BCUT2D eigenvalue weighted by Gasteiger charge is 2.32. The number of carbonyl (C=O) groups excluding carboxylic acids is 1. The number of anilines is 2. The molecule has 1 aromatic heterocycles. The fourth-order valence-corrected chi connectivity index (χ4v) is 2.55. The molecule has 6 heteroatoms. The van der Waals surface area contributed by atoms with E-state index in [0.717, 1.165) is 17.7 Å². The van der Waals surface area contributed by atoms with Gasteiger partial charge in [-0.15, -0.1) is 0 Å². The number of aromatic amines is 1. The van der Waals surface area contributed by atoms with Gasteiger partial charge in [-0.1, -0.05) is 0 Å². The van der Waals surface area contributed by atoms with Gasteiger partial charge in [0.25, 0.3) is 11.5 Å². The summed E-state index contributed by atoms with van der Waals surface area (Å²) in [4.78, 5) is 25.2. The van der Waals surface area contributed by atoms with Crippen LogP contribution in [-0.4, -0.2) is 22.1 Å². The summed E-state index contributed by atoms with van der Waals surface area (Å²) in [5.41, 5.74) is 8.25. The number of rotatable bonds is 1. The lowest BCUT2D eigenvalue weighted by atomic mass is 10.1. The maximum atomic E-state index is 12.5. The van der Waals surface area contributed by atoms with Crippen LogP contribution >= 0.6 is 0 Å². The molecule has 6 nitrogen and oxygen atoms in total. The zero-order chi connectivity index (χ0) is 14.3. The second-order valence-electron chi connectivity index (χ2n) is 4.92. The molecule has 3 rings (SSSR count). The molecule has 1 amide bonds. The van der Waals surface area contributed by atoms with Crippen LogP contribution in [0.1, 0.15) is 23.0 Å². The van der Waals surface area contributed by atoms with E-state index >= 15 is 0 Å². The number of nitrogens with zero attached hydrogens (tertiary/aromatic N) is 2. The zero-order valence-electron chi connectivity index (χ0n) is 11.0. The van der Waals surface area contributed by atoms with Crippen molar-refractivity contribution in [3.63, 3.8) is 0 Å². The fourth-order valence-electron chi connectivity index (χ4n) is 2.55. The van der Waals surface area contributed by atoms with Crippen molar-refractivity contribution in [2.45, 2.75) is 19.4 Å². The minimum absolute atomic E-state index is 0.0352. The zero-order valence-corrected chi connectivity index (χ0v) is 11.0. The molecule has 2 heterocycles. The summed E-state index contributed by atoms with van der Waals surface area (Å²) < 4.78 is 0. The van der Waals surface area contributed by atoms with Gasteiger partial charge in [0, 0.05) is 23.5 Å². The van der Waals surface area contributed by atoms with Crippen molar-refractivity contribution >= 4 is 17.3 Å². The first-order valence-electron chi connectivity index (χ1n) is 6.34. The van der Waals surface area contributed by atoms with E-state index in [9.17, 15) is 9.59 Å². The van der Waals surface area contributed by atoms with Crippen LogP contribution in [0.2, 0.25) is 0 Å². The molecular weight excluding hydrogens is 256 g/mol. The van der Waals surface area contributed by atoms with Crippen molar-refractivity contribution < 1.29 is 4.79 Å². The Balaban J connectivity index is 2.00. The number of amides is 1. The first kappa shape index (κ1) is 12.4. The standard InChI is InChI=1S/C14H14N4O2/c1-8-6-9-7-10(15)2-4-12(9)18(8)14(20)11-3-5-13(19)17-16-11/h2-5,7-8H,6,15H2,1H3,(H,17,19). The minimum Gasteiger partial charge on any atom is -0.399 e. The van der Waals surface area contributed by atoms with Gasteiger partial charge in [-0.3, -0.25) is 9.59 Å². The van der Waals surface area contributed by atoms with Crippen molar-refractivity contribution in [1.29, 1.82) is 0 Å². The van der Waals surface area contributed by atoms with Gasteiger partial charge >= 0.3 is 0 Å². The average molecular weight is 270 g/mol. The van der Waals surface area contributed by atoms with E-state index in [4.69, 9.17) is 5.73 Å². The first-order chi connectivity index (χ1) is 9.56. The summed E-state index contributed by atoms with van der Waals surface area (Å²) in [5.74, 6) is -0.225. The normalized spacial score (nSPS) is 17.1. The highest BCUT2D eigenvalue weighted by atomic mass is 16.2. The maximum absolute atomic E-state index is 12.5. The molecule has 3 N–H and O–H groups in total. The largest absolute Gasteiger partial charge is 0.399 e. The van der Waals surface area contributed by atoms with Crippen LogP contribution in [0.4, 0.5) is 11.4 Å². The van der Waals surface area contributed by atoms with Gasteiger partial charge in [0.15, 0.2) is 0 Å². The Morgan fingerprint density at radius 1 is 1.40 bits per heavy atom. The summed E-state index contributed by atoms with van der Waals surface area (Å²) in [6.07, 6.45) is 0.759. The van der Waals surface area contributed by atoms with Crippen LogP contribution in [0.5, 0.6) is 0 Å². The number of nitrogen functional groups attached to an aromatic ring is 1. The molecular formula is C14H14N4O2. The molecule has 1 aromatic carbocycles. The number of nitrogens with one attached hydrogen (secondary N) is 1.